The normalized spacial score (nSPS) is 14.9. The zero-order valence-electron chi connectivity index (χ0n) is 18.1. The maximum absolute atomic E-state index is 11.7. The molecule has 0 spiro atoms. The van der Waals surface area contributed by atoms with E-state index in [9.17, 15) is 4.79 Å². The number of hydrogen-bond acceptors (Lipinski definition) is 4. The molecule has 0 bridgehead atoms. The molecule has 1 aliphatic rings. The third kappa shape index (κ3) is 7.19. The summed E-state index contributed by atoms with van der Waals surface area (Å²) >= 11 is 0. The average molecular weight is 519 g/mol. The molecular formula is C21H34INO4Si. The van der Waals surface area contributed by atoms with E-state index in [1.54, 1.807) is 6.92 Å². The van der Waals surface area contributed by atoms with E-state index in [1.807, 2.05) is 0 Å². The van der Waals surface area contributed by atoms with Crippen LogP contribution < -0.4 is 28.5 Å². The summed E-state index contributed by atoms with van der Waals surface area (Å²) < 4.78 is 19.6. The highest BCUT2D eigenvalue weighted by Gasteiger charge is 2.39. The van der Waals surface area contributed by atoms with Crippen LogP contribution >= 0.6 is 0 Å². The molecule has 0 aromatic carbocycles. The molecule has 1 unspecified atom stereocenters. The van der Waals surface area contributed by atoms with Gasteiger partial charge in [-0.15, -0.1) is 0 Å². The van der Waals surface area contributed by atoms with Gasteiger partial charge in [-0.2, -0.15) is 4.57 Å². The van der Waals surface area contributed by atoms with Crippen molar-refractivity contribution in [3.63, 3.8) is 0 Å². The number of esters is 1. The second-order valence-corrected chi connectivity index (χ2v) is 13.4. The van der Waals surface area contributed by atoms with Crippen LogP contribution in [0.3, 0.4) is 0 Å². The van der Waals surface area contributed by atoms with Gasteiger partial charge in [-0.3, -0.25) is 0 Å². The third-order valence-corrected chi connectivity index (χ3v) is 9.90. The zero-order valence-corrected chi connectivity index (χ0v) is 21.2. The van der Waals surface area contributed by atoms with Crippen LogP contribution in [0.5, 0.6) is 0 Å². The van der Waals surface area contributed by atoms with Crippen LogP contribution in [0.4, 0.5) is 0 Å². The second kappa shape index (κ2) is 10.8. The first kappa shape index (κ1) is 25.2. The standard InChI is InChI=1S/C21H34NO4Si.HI/c1-7-24-20(23)14-13-17(26-27(5,6)21(2,3)4)11-12-18-16-22-15-9-8-10-19(22)25-18;/h16-17H,7-12,15H2,1-6H3;1H/q+1;/p-1. The van der Waals surface area contributed by atoms with E-state index in [-0.39, 0.29) is 35.1 Å². The van der Waals surface area contributed by atoms with Gasteiger partial charge < -0.3 is 37.6 Å². The number of aromatic nitrogens is 1. The maximum atomic E-state index is 11.7. The van der Waals surface area contributed by atoms with Gasteiger partial charge in [0, 0.05) is 18.8 Å². The maximum Gasteiger partial charge on any atom is 0.384 e. The monoisotopic (exact) mass is 519 g/mol. The Kier molecular flexibility index (Phi) is 9.70. The highest BCUT2D eigenvalue weighted by Crippen LogP contribution is 2.37. The molecule has 0 fully saturated rings. The predicted molar refractivity (Wildman–Crippen MR) is 107 cm³/mol. The van der Waals surface area contributed by atoms with Gasteiger partial charge in [0.1, 0.15) is 6.10 Å². The molecule has 0 saturated carbocycles. The number of carbonyl (C=O) groups is 1. The molecule has 0 aliphatic carbocycles. The number of rotatable bonds is 6. The van der Waals surface area contributed by atoms with Crippen molar-refractivity contribution in [2.75, 3.05) is 6.61 Å². The topological polar surface area (TPSA) is 52.5 Å². The van der Waals surface area contributed by atoms with Crippen LogP contribution in [0, 0.1) is 11.8 Å². The van der Waals surface area contributed by atoms with Crippen LogP contribution in [-0.4, -0.2) is 27.0 Å². The van der Waals surface area contributed by atoms with Gasteiger partial charge >= 0.3 is 11.9 Å². The quantitative estimate of drug-likeness (QED) is 0.139. The number of aryl methyl sites for hydroxylation is 3. The molecule has 1 atom stereocenters. The van der Waals surface area contributed by atoms with Gasteiger partial charge in [0.25, 0.3) is 0 Å². The number of fused-ring (bicyclic) bond motifs is 1. The molecular weight excluding hydrogens is 485 g/mol. The molecule has 1 aromatic rings. The van der Waals surface area contributed by atoms with Gasteiger partial charge in [0.2, 0.25) is 6.20 Å². The van der Waals surface area contributed by atoms with Crippen LogP contribution in [0.2, 0.25) is 18.1 Å². The van der Waals surface area contributed by atoms with Crippen molar-refractivity contribution in [3.8, 4) is 11.8 Å². The first-order valence-corrected chi connectivity index (χ1v) is 12.9. The molecule has 0 saturated heterocycles. The lowest BCUT2D eigenvalue weighted by atomic mass is 10.2. The van der Waals surface area contributed by atoms with Crippen molar-refractivity contribution in [2.24, 2.45) is 0 Å². The Morgan fingerprint density at radius 3 is 2.68 bits per heavy atom. The minimum absolute atomic E-state index is 0. The Morgan fingerprint density at radius 1 is 1.36 bits per heavy atom. The Morgan fingerprint density at radius 2 is 2.07 bits per heavy atom. The minimum Gasteiger partial charge on any atom is -1.00 e. The summed E-state index contributed by atoms with van der Waals surface area (Å²) in [5.41, 5.74) is 0. The molecule has 2 rings (SSSR count). The summed E-state index contributed by atoms with van der Waals surface area (Å²) in [6.07, 6.45) is 6.65. The smallest absolute Gasteiger partial charge is 0.384 e. The van der Waals surface area contributed by atoms with E-state index in [0.717, 1.165) is 31.0 Å². The fraction of sp³-hybridized carbons (Fsp3) is 0.714. The minimum atomic E-state index is -2.00. The van der Waals surface area contributed by atoms with E-state index in [2.05, 4.69) is 56.5 Å². The molecule has 0 radical (unpaired) electrons. The lowest BCUT2D eigenvalue weighted by Crippen LogP contribution is -3.00. The summed E-state index contributed by atoms with van der Waals surface area (Å²) in [4.78, 5) is 11.7. The van der Waals surface area contributed by atoms with Crippen molar-refractivity contribution in [1.29, 1.82) is 0 Å². The van der Waals surface area contributed by atoms with Crippen LogP contribution in [0.25, 0.3) is 0 Å². The molecule has 1 aliphatic heterocycles. The van der Waals surface area contributed by atoms with Crippen molar-refractivity contribution < 1.29 is 46.9 Å². The van der Waals surface area contributed by atoms with E-state index in [1.165, 1.54) is 12.8 Å². The molecule has 5 nitrogen and oxygen atoms in total. The van der Waals surface area contributed by atoms with E-state index in [0.29, 0.717) is 13.0 Å². The third-order valence-electron chi connectivity index (χ3n) is 5.42. The Labute approximate surface area is 187 Å². The molecule has 0 N–H and O–H groups in total. The van der Waals surface area contributed by atoms with Crippen molar-refractivity contribution in [3.05, 3.63) is 17.8 Å². The highest BCUT2D eigenvalue weighted by molar-refractivity contribution is 6.74. The largest absolute Gasteiger partial charge is 1.00 e. The fourth-order valence-electron chi connectivity index (χ4n) is 2.81. The molecule has 158 valence electrons. The molecule has 1 aromatic heterocycles. The first-order chi connectivity index (χ1) is 12.6. The second-order valence-electron chi connectivity index (χ2n) is 8.64. The summed E-state index contributed by atoms with van der Waals surface area (Å²) in [5.74, 6) is 7.13. The summed E-state index contributed by atoms with van der Waals surface area (Å²) in [7, 11) is -2.00. The van der Waals surface area contributed by atoms with Gasteiger partial charge in [-0.05, 0) is 37.9 Å². The molecule has 0 amide bonds. The van der Waals surface area contributed by atoms with Crippen LogP contribution in [-0.2, 0) is 33.3 Å². The van der Waals surface area contributed by atoms with Crippen LogP contribution in [0.15, 0.2) is 10.6 Å². The van der Waals surface area contributed by atoms with E-state index < -0.39 is 14.3 Å². The number of hydrogen-bond donors (Lipinski definition) is 0. The number of ether oxygens (including phenoxy) is 1. The number of nitrogens with zero attached hydrogens (tertiary/aromatic N) is 1. The fourth-order valence-corrected chi connectivity index (χ4v) is 4.05. The lowest BCUT2D eigenvalue weighted by Gasteiger charge is -2.38. The molecule has 7 heteroatoms. The van der Waals surface area contributed by atoms with Crippen molar-refractivity contribution in [2.45, 2.75) is 90.6 Å². The van der Waals surface area contributed by atoms with Gasteiger partial charge in [-0.25, -0.2) is 4.79 Å². The number of halogens is 1. The zero-order chi connectivity index (χ0) is 20.1. The van der Waals surface area contributed by atoms with Crippen LogP contribution in [0.1, 0.15) is 58.6 Å². The SMILES string of the molecule is CCOC(=O)C#CC(CCc1c[n+]2c(o1)CCCC2)O[Si](C)(C)C(C)(C)C.[I-]. The summed E-state index contributed by atoms with van der Waals surface area (Å²) in [5, 5.41) is 0.0798. The van der Waals surface area contributed by atoms with Gasteiger partial charge in [0.05, 0.1) is 13.0 Å². The first-order valence-electron chi connectivity index (χ1n) is 9.99. The van der Waals surface area contributed by atoms with E-state index >= 15 is 0 Å². The summed E-state index contributed by atoms with van der Waals surface area (Å²) in [6.45, 7) is 14.1. The predicted octanol–water partition coefficient (Wildman–Crippen LogP) is 0.797. The number of oxazole rings is 1. The average Bonchev–Trinajstić information content (AvgIpc) is 2.99. The van der Waals surface area contributed by atoms with Gasteiger partial charge in [-0.1, -0.05) is 26.7 Å². The van der Waals surface area contributed by atoms with E-state index in [4.69, 9.17) is 13.6 Å². The Bertz CT molecular complexity index is 689. The molecule has 2 heterocycles. The highest BCUT2D eigenvalue weighted by atomic mass is 127. The number of carbonyl (C=O) groups excluding carboxylic acids is 1. The summed E-state index contributed by atoms with van der Waals surface area (Å²) in [6, 6.07) is 0. The van der Waals surface area contributed by atoms with Crippen molar-refractivity contribution in [1.82, 2.24) is 0 Å². The van der Waals surface area contributed by atoms with Crippen molar-refractivity contribution >= 4 is 14.3 Å². The molecule has 28 heavy (non-hydrogen) atoms. The lowest BCUT2D eigenvalue weighted by molar-refractivity contribution is -0.712. The van der Waals surface area contributed by atoms with Gasteiger partial charge in [0.15, 0.2) is 20.6 Å². The Hall–Kier alpha value is -0.853. The Balaban J connectivity index is 0.00000392.